The summed E-state index contributed by atoms with van der Waals surface area (Å²) in [5.41, 5.74) is 1.61. The fourth-order valence-corrected chi connectivity index (χ4v) is 2.75. The Hall–Kier alpha value is -1.79. The van der Waals surface area contributed by atoms with E-state index in [1.165, 1.54) is 18.1 Å². The molecule has 0 saturated carbocycles. The van der Waals surface area contributed by atoms with Gasteiger partial charge in [-0.05, 0) is 43.9 Å². The average Bonchev–Trinajstić information content (AvgIpc) is 2.56. The van der Waals surface area contributed by atoms with Crippen molar-refractivity contribution in [2.24, 2.45) is 0 Å². The van der Waals surface area contributed by atoms with E-state index in [-0.39, 0.29) is 12.0 Å². The van der Waals surface area contributed by atoms with Gasteiger partial charge in [0.05, 0.1) is 25.8 Å². The van der Waals surface area contributed by atoms with Crippen LogP contribution in [0.3, 0.4) is 0 Å². The topological polar surface area (TPSA) is 29.5 Å². The zero-order valence-electron chi connectivity index (χ0n) is 15.8. The first-order chi connectivity index (χ1) is 12.1. The Bertz CT molecular complexity index is 592. The van der Waals surface area contributed by atoms with E-state index in [1.54, 1.807) is 12.1 Å². The number of unbranched alkanes of at least 4 members (excludes halogenated alkanes) is 1. The van der Waals surface area contributed by atoms with Gasteiger partial charge in [-0.3, -0.25) is 0 Å². The molecule has 7 heteroatoms. The first-order valence-corrected chi connectivity index (χ1v) is 8.83. The van der Waals surface area contributed by atoms with E-state index >= 15 is 0 Å². The number of alkyl halides is 4. The molecule has 0 aliphatic carbocycles. The number of nitrogens with zero attached hydrogens (tertiary/aromatic N) is 1. The lowest BCUT2D eigenvalue weighted by Gasteiger charge is -2.41. The molecule has 26 heavy (non-hydrogen) atoms. The molecule has 0 amide bonds. The van der Waals surface area contributed by atoms with Crippen molar-refractivity contribution in [2.75, 3.05) is 25.1 Å². The Morgan fingerprint density at radius 1 is 1.23 bits per heavy atom. The van der Waals surface area contributed by atoms with Crippen molar-refractivity contribution < 1.29 is 27.1 Å². The summed E-state index contributed by atoms with van der Waals surface area (Å²) in [6, 6.07) is 4.78. The lowest BCUT2D eigenvalue weighted by atomic mass is 9.98. The van der Waals surface area contributed by atoms with Gasteiger partial charge in [-0.15, -0.1) is 0 Å². The highest BCUT2D eigenvalue weighted by Crippen LogP contribution is 2.35. The molecule has 148 valence electrons. The van der Waals surface area contributed by atoms with E-state index in [0.717, 1.165) is 12.5 Å². The molecule has 1 fully saturated rings. The highest BCUT2D eigenvalue weighted by Gasteiger charge is 2.44. The number of hydrogen-bond acceptors (Lipinski definition) is 3. The third-order valence-corrected chi connectivity index (χ3v) is 4.00. The summed E-state index contributed by atoms with van der Waals surface area (Å²) in [6.45, 7) is 4.07. The first-order valence-electron chi connectivity index (χ1n) is 8.83. The van der Waals surface area contributed by atoms with Crippen LogP contribution in [0, 0.1) is 0 Å². The van der Waals surface area contributed by atoms with Gasteiger partial charge in [0, 0.05) is 12.1 Å². The number of hydrogen-bond donors (Lipinski definition) is 0. The second kappa shape index (κ2) is 9.24. The van der Waals surface area contributed by atoms with Crippen LogP contribution in [0.2, 0.25) is 0 Å². The van der Waals surface area contributed by atoms with Crippen molar-refractivity contribution in [3.63, 3.8) is 0 Å². The lowest BCUT2D eigenvalue weighted by molar-refractivity contribution is -0.0263. The molecule has 0 unspecified atom stereocenters. The van der Waals surface area contributed by atoms with E-state index in [0.29, 0.717) is 24.9 Å². The van der Waals surface area contributed by atoms with Crippen LogP contribution in [-0.2, 0) is 11.2 Å². The molecule has 1 heterocycles. The smallest absolute Gasteiger partial charge is 0.337 e. The number of benzene rings is 1. The van der Waals surface area contributed by atoms with Crippen molar-refractivity contribution in [1.82, 2.24) is 0 Å². The zero-order chi connectivity index (χ0) is 20.0. The predicted molar refractivity (Wildman–Crippen MR) is 94.5 cm³/mol. The van der Waals surface area contributed by atoms with Crippen molar-refractivity contribution in [3.8, 4) is 0 Å². The monoisotopic (exact) mass is 377 g/mol. The highest BCUT2D eigenvalue weighted by molar-refractivity contribution is 5.91. The van der Waals surface area contributed by atoms with Crippen molar-refractivity contribution >= 4 is 11.7 Å². The quantitative estimate of drug-likeness (QED) is 0.366. The second-order valence-corrected chi connectivity index (χ2v) is 6.32. The number of esters is 1. The van der Waals surface area contributed by atoms with Crippen LogP contribution in [0.25, 0.3) is 0 Å². The molecule has 0 bridgehead atoms. The van der Waals surface area contributed by atoms with Crippen molar-refractivity contribution in [1.29, 1.82) is 0 Å². The van der Waals surface area contributed by atoms with Gasteiger partial charge >= 0.3 is 5.97 Å². The number of carbonyl (C=O) groups is 1. The maximum absolute atomic E-state index is 13.2. The summed E-state index contributed by atoms with van der Waals surface area (Å²) >= 11 is 0. The summed E-state index contributed by atoms with van der Waals surface area (Å²) in [5, 5.41) is 0. The predicted octanol–water partition coefficient (Wildman–Crippen LogP) is 5.32. The molecule has 1 saturated heterocycles. The van der Waals surface area contributed by atoms with Gasteiger partial charge in [-0.2, -0.15) is 0 Å². The highest BCUT2D eigenvalue weighted by atomic mass is 19.3. The third kappa shape index (κ3) is 6.50. The Balaban J connectivity index is 0.00000163. The van der Waals surface area contributed by atoms with Crippen molar-refractivity contribution in [3.05, 3.63) is 29.3 Å². The number of ether oxygens (including phenoxy) is 1. The summed E-state index contributed by atoms with van der Waals surface area (Å²) in [4.78, 5) is 13.1. The average molecular weight is 377 g/mol. The fraction of sp³-hybridized carbons (Fsp3) is 0.632. The SMILES string of the molecule is CC.COC(=O)c1ccc(CCCCC(C)(F)F)c(N2CC(F)(F)C2)c1. The molecule has 0 atom stereocenters. The molecule has 3 nitrogen and oxygen atoms in total. The van der Waals surface area contributed by atoms with Crippen LogP contribution < -0.4 is 4.90 Å². The third-order valence-electron chi connectivity index (χ3n) is 4.00. The van der Waals surface area contributed by atoms with Crippen LogP contribution in [0.15, 0.2) is 18.2 Å². The molecule has 1 aromatic rings. The number of methoxy groups -OCH3 is 1. The van der Waals surface area contributed by atoms with Crippen LogP contribution >= 0.6 is 0 Å². The van der Waals surface area contributed by atoms with E-state index in [1.807, 2.05) is 13.8 Å². The first kappa shape index (κ1) is 22.3. The minimum Gasteiger partial charge on any atom is -0.465 e. The van der Waals surface area contributed by atoms with Gasteiger partial charge in [0.1, 0.15) is 0 Å². The number of aryl methyl sites for hydroxylation is 1. The van der Waals surface area contributed by atoms with E-state index in [4.69, 9.17) is 0 Å². The Kier molecular flexibility index (Phi) is 7.90. The Labute approximate surface area is 152 Å². The maximum atomic E-state index is 13.2. The summed E-state index contributed by atoms with van der Waals surface area (Å²) in [6.07, 6.45) is 1.16. The zero-order valence-corrected chi connectivity index (χ0v) is 15.8. The molecule has 0 radical (unpaired) electrons. The van der Waals surface area contributed by atoms with Gasteiger partial charge in [0.2, 0.25) is 5.92 Å². The molecular formula is C19H27F4NO2. The summed E-state index contributed by atoms with van der Waals surface area (Å²) in [7, 11) is 1.25. The second-order valence-electron chi connectivity index (χ2n) is 6.32. The summed E-state index contributed by atoms with van der Waals surface area (Å²) in [5.74, 6) is -5.97. The number of anilines is 1. The molecule has 0 N–H and O–H groups in total. The van der Waals surface area contributed by atoms with E-state index in [9.17, 15) is 22.4 Å². The van der Waals surface area contributed by atoms with Crippen molar-refractivity contribution in [2.45, 2.75) is 58.3 Å². The van der Waals surface area contributed by atoms with E-state index in [2.05, 4.69) is 4.74 Å². The largest absolute Gasteiger partial charge is 0.465 e. The van der Waals surface area contributed by atoms with Gasteiger partial charge < -0.3 is 9.64 Å². The number of rotatable bonds is 7. The van der Waals surface area contributed by atoms with Gasteiger partial charge in [0.25, 0.3) is 5.92 Å². The molecule has 0 spiro atoms. The van der Waals surface area contributed by atoms with Gasteiger partial charge in [-0.1, -0.05) is 19.9 Å². The van der Waals surface area contributed by atoms with Crippen LogP contribution in [0.4, 0.5) is 23.2 Å². The number of halogens is 4. The van der Waals surface area contributed by atoms with Crippen LogP contribution in [0.5, 0.6) is 0 Å². The molecule has 1 aliphatic heterocycles. The fourth-order valence-electron chi connectivity index (χ4n) is 2.75. The molecule has 1 aromatic carbocycles. The van der Waals surface area contributed by atoms with Crippen LogP contribution in [-0.4, -0.2) is 38.0 Å². The van der Waals surface area contributed by atoms with E-state index < -0.39 is 30.9 Å². The lowest BCUT2D eigenvalue weighted by Crippen LogP contribution is -2.56. The molecule has 2 rings (SSSR count). The standard InChI is InChI=1S/C17H21F4NO2.C2H6/c1-16(18,19)8-4-3-5-12-6-7-13(15(23)24-2)9-14(12)22-10-17(20,21)11-22;1-2/h6-7,9H,3-5,8,10-11H2,1-2H3;1-2H3. The van der Waals surface area contributed by atoms with Gasteiger partial charge in [0.15, 0.2) is 0 Å². The Morgan fingerprint density at radius 2 is 1.85 bits per heavy atom. The number of carbonyl (C=O) groups excluding carboxylic acids is 1. The minimum atomic E-state index is -2.73. The Morgan fingerprint density at radius 3 is 2.35 bits per heavy atom. The maximum Gasteiger partial charge on any atom is 0.337 e. The summed E-state index contributed by atoms with van der Waals surface area (Å²) < 4.78 is 56.6. The molecule has 0 aromatic heterocycles. The normalized spacial score (nSPS) is 15.6. The van der Waals surface area contributed by atoms with Gasteiger partial charge in [-0.25, -0.2) is 22.4 Å². The molecular weight excluding hydrogens is 350 g/mol. The minimum absolute atomic E-state index is 0.204. The van der Waals surface area contributed by atoms with Crippen LogP contribution in [0.1, 0.15) is 56.0 Å². The molecule has 1 aliphatic rings.